The number of benzene rings is 9. The number of furan rings is 1. The highest BCUT2D eigenvalue weighted by Crippen LogP contribution is 2.46. The first-order chi connectivity index (χ1) is 24.3. The van der Waals surface area contributed by atoms with E-state index in [1.165, 1.54) is 71.3 Å². The lowest BCUT2D eigenvalue weighted by Crippen LogP contribution is -1.92. The number of hydrogen-bond acceptors (Lipinski definition) is 1. The van der Waals surface area contributed by atoms with E-state index in [0.29, 0.717) is 0 Å². The van der Waals surface area contributed by atoms with E-state index in [1.807, 2.05) is 12.1 Å². The van der Waals surface area contributed by atoms with Gasteiger partial charge in [-0.05, 0) is 113 Å². The summed E-state index contributed by atoms with van der Waals surface area (Å²) in [5.41, 5.74) is 11.6. The Morgan fingerprint density at radius 2 is 0.796 bits per heavy atom. The van der Waals surface area contributed by atoms with Gasteiger partial charge in [0.2, 0.25) is 0 Å². The fourth-order valence-electron chi connectivity index (χ4n) is 7.80. The largest absolute Gasteiger partial charge is 0.456 e. The minimum absolute atomic E-state index is 0.910. The van der Waals surface area contributed by atoms with Crippen LogP contribution in [0.1, 0.15) is 0 Å². The summed E-state index contributed by atoms with van der Waals surface area (Å²) in [7, 11) is 0. The van der Waals surface area contributed by atoms with Crippen molar-refractivity contribution in [3.05, 3.63) is 182 Å². The third-order valence-electron chi connectivity index (χ3n) is 10.0. The van der Waals surface area contributed by atoms with E-state index >= 15 is 0 Å². The molecule has 1 heterocycles. The van der Waals surface area contributed by atoms with Crippen LogP contribution in [-0.4, -0.2) is 0 Å². The second-order valence-corrected chi connectivity index (χ2v) is 12.8. The van der Waals surface area contributed by atoms with E-state index in [0.717, 1.165) is 27.5 Å². The predicted octanol–water partition coefficient (Wildman–Crippen LogP) is 13.7. The van der Waals surface area contributed by atoms with E-state index in [4.69, 9.17) is 4.42 Å². The van der Waals surface area contributed by atoms with Gasteiger partial charge in [0.05, 0.1) is 0 Å². The van der Waals surface area contributed by atoms with E-state index < -0.39 is 0 Å². The Labute approximate surface area is 284 Å². The molecule has 1 nitrogen and oxygen atoms in total. The van der Waals surface area contributed by atoms with E-state index in [9.17, 15) is 0 Å². The van der Waals surface area contributed by atoms with Crippen LogP contribution in [0.3, 0.4) is 0 Å². The normalized spacial score (nSPS) is 11.7. The molecule has 0 atom stereocenters. The zero-order valence-corrected chi connectivity index (χ0v) is 26.7. The van der Waals surface area contributed by atoms with Crippen LogP contribution in [0.2, 0.25) is 0 Å². The zero-order valence-electron chi connectivity index (χ0n) is 26.7. The van der Waals surface area contributed by atoms with Gasteiger partial charge in [-0.15, -0.1) is 0 Å². The first-order valence-corrected chi connectivity index (χ1v) is 16.8. The average molecular weight is 623 g/mol. The highest BCUT2D eigenvalue weighted by atomic mass is 16.3. The fraction of sp³-hybridized carbons (Fsp3) is 0. The van der Waals surface area contributed by atoms with Gasteiger partial charge >= 0.3 is 0 Å². The van der Waals surface area contributed by atoms with Gasteiger partial charge < -0.3 is 4.42 Å². The maximum absolute atomic E-state index is 6.36. The first-order valence-electron chi connectivity index (χ1n) is 16.8. The van der Waals surface area contributed by atoms with Gasteiger partial charge in [-0.1, -0.05) is 146 Å². The van der Waals surface area contributed by atoms with Crippen LogP contribution >= 0.6 is 0 Å². The molecule has 1 heteroatoms. The molecular weight excluding hydrogens is 593 g/mol. The van der Waals surface area contributed by atoms with Gasteiger partial charge in [0.25, 0.3) is 0 Å². The summed E-state index contributed by atoms with van der Waals surface area (Å²) in [5, 5.41) is 9.70. The quantitative estimate of drug-likeness (QED) is 0.178. The fourth-order valence-corrected chi connectivity index (χ4v) is 7.80. The van der Waals surface area contributed by atoms with Gasteiger partial charge in [-0.25, -0.2) is 0 Å². The van der Waals surface area contributed by atoms with Gasteiger partial charge in [0.15, 0.2) is 0 Å². The van der Waals surface area contributed by atoms with Crippen LogP contribution < -0.4 is 0 Å². The summed E-state index contributed by atoms with van der Waals surface area (Å²) in [6, 6.07) is 65.9. The minimum Gasteiger partial charge on any atom is -0.456 e. The van der Waals surface area contributed by atoms with Crippen molar-refractivity contribution in [2.75, 3.05) is 0 Å². The third-order valence-corrected chi connectivity index (χ3v) is 10.0. The molecule has 0 fully saturated rings. The Bertz CT molecular complexity index is 2800. The lowest BCUT2D eigenvalue weighted by molar-refractivity contribution is 0.669. The molecule has 0 N–H and O–H groups in total. The summed E-state index contributed by atoms with van der Waals surface area (Å²) >= 11 is 0. The highest BCUT2D eigenvalue weighted by molar-refractivity contribution is 6.22. The molecule has 0 spiro atoms. The van der Waals surface area contributed by atoms with Crippen LogP contribution in [-0.2, 0) is 0 Å². The molecule has 0 bridgehead atoms. The average Bonchev–Trinajstić information content (AvgIpc) is 3.55. The van der Waals surface area contributed by atoms with Crippen LogP contribution in [0.5, 0.6) is 0 Å². The Hall–Kier alpha value is -6.44. The summed E-state index contributed by atoms with van der Waals surface area (Å²) in [6.45, 7) is 0. The van der Waals surface area contributed by atoms with Crippen molar-refractivity contribution in [3.63, 3.8) is 0 Å². The molecule has 10 aromatic rings. The SMILES string of the molecule is c1ccc(-c2ccc3cc(-c4c5ccccc5c(-c5ccc6c(c5)oc5ccccc56)c5ccccc45)cc(-c4ccccc4)c3c2)cc1. The molecule has 9 aromatic carbocycles. The van der Waals surface area contributed by atoms with E-state index in [-0.39, 0.29) is 0 Å². The zero-order chi connectivity index (χ0) is 32.3. The van der Waals surface area contributed by atoms with Crippen LogP contribution in [0.4, 0.5) is 0 Å². The highest BCUT2D eigenvalue weighted by Gasteiger charge is 2.19. The Balaban J connectivity index is 1.26. The van der Waals surface area contributed by atoms with E-state index in [2.05, 4.69) is 170 Å². The van der Waals surface area contributed by atoms with Gasteiger partial charge in [0, 0.05) is 10.8 Å². The molecular formula is C48H30O. The third kappa shape index (κ3) is 4.47. The Morgan fingerprint density at radius 3 is 1.47 bits per heavy atom. The number of rotatable bonds is 4. The van der Waals surface area contributed by atoms with E-state index in [1.54, 1.807) is 0 Å². The topological polar surface area (TPSA) is 13.1 Å². The summed E-state index contributed by atoms with van der Waals surface area (Å²) in [5.74, 6) is 0. The first kappa shape index (κ1) is 27.7. The van der Waals surface area contributed by atoms with Crippen LogP contribution in [0, 0.1) is 0 Å². The van der Waals surface area contributed by atoms with Crippen LogP contribution in [0.15, 0.2) is 186 Å². The molecule has 0 aliphatic heterocycles. The van der Waals surface area contributed by atoms with Crippen molar-refractivity contribution >= 4 is 54.3 Å². The standard InChI is InChI=1S/C48H30O/c1-3-13-31(14-4-1)33-23-24-34-27-36(29-43(44(34)28-33)32-15-5-2-6-16-32)48-41-20-9-7-18-39(41)47(40-19-8-10-21-42(40)48)35-25-26-38-37-17-11-12-22-45(37)49-46(38)30-35/h1-30H. The van der Waals surface area contributed by atoms with Crippen molar-refractivity contribution in [3.8, 4) is 44.5 Å². The maximum atomic E-state index is 6.36. The van der Waals surface area contributed by atoms with Crippen molar-refractivity contribution in [2.24, 2.45) is 0 Å². The lowest BCUT2D eigenvalue weighted by Gasteiger charge is -2.19. The molecule has 1 aromatic heterocycles. The van der Waals surface area contributed by atoms with Crippen molar-refractivity contribution in [1.82, 2.24) is 0 Å². The molecule has 0 amide bonds. The number of para-hydroxylation sites is 1. The molecule has 228 valence electrons. The Morgan fingerprint density at radius 1 is 0.265 bits per heavy atom. The lowest BCUT2D eigenvalue weighted by atomic mass is 9.84. The predicted molar refractivity (Wildman–Crippen MR) is 208 cm³/mol. The van der Waals surface area contributed by atoms with Crippen molar-refractivity contribution in [2.45, 2.75) is 0 Å². The monoisotopic (exact) mass is 622 g/mol. The summed E-state index contributed by atoms with van der Waals surface area (Å²) < 4.78 is 6.36. The Kier molecular flexibility index (Phi) is 6.25. The summed E-state index contributed by atoms with van der Waals surface area (Å²) in [6.07, 6.45) is 0. The maximum Gasteiger partial charge on any atom is 0.136 e. The molecule has 10 rings (SSSR count). The second-order valence-electron chi connectivity index (χ2n) is 12.8. The molecule has 49 heavy (non-hydrogen) atoms. The number of fused-ring (bicyclic) bond motifs is 6. The van der Waals surface area contributed by atoms with Gasteiger partial charge in [-0.2, -0.15) is 0 Å². The molecule has 0 radical (unpaired) electrons. The van der Waals surface area contributed by atoms with Gasteiger partial charge in [-0.3, -0.25) is 0 Å². The van der Waals surface area contributed by atoms with Crippen LogP contribution in [0.25, 0.3) is 98.8 Å². The molecule has 0 unspecified atom stereocenters. The van der Waals surface area contributed by atoms with Crippen molar-refractivity contribution in [1.29, 1.82) is 0 Å². The van der Waals surface area contributed by atoms with Crippen molar-refractivity contribution < 1.29 is 4.42 Å². The molecule has 0 saturated carbocycles. The minimum atomic E-state index is 0.910. The number of hydrogen-bond donors (Lipinski definition) is 0. The second kappa shape index (κ2) is 11.1. The molecule has 0 aliphatic rings. The molecule has 0 aliphatic carbocycles. The molecule has 0 saturated heterocycles. The summed E-state index contributed by atoms with van der Waals surface area (Å²) in [4.78, 5) is 0. The van der Waals surface area contributed by atoms with Gasteiger partial charge in [0.1, 0.15) is 11.2 Å². The smallest absolute Gasteiger partial charge is 0.136 e.